The van der Waals surface area contributed by atoms with Crippen LogP contribution in [0.5, 0.6) is 11.5 Å². The van der Waals surface area contributed by atoms with Gasteiger partial charge in [0.2, 0.25) is 11.8 Å². The molecule has 4 atom stereocenters. The monoisotopic (exact) mass is 538 g/mol. The van der Waals surface area contributed by atoms with Gasteiger partial charge in [0.25, 0.3) is 0 Å². The Kier molecular flexibility index (Phi) is 6.14. The number of hydrogen-bond acceptors (Lipinski definition) is 8. The first-order chi connectivity index (χ1) is 19.4. The number of hydrogen-bond donors (Lipinski definition) is 0. The predicted molar refractivity (Wildman–Crippen MR) is 145 cm³/mol. The lowest BCUT2D eigenvalue weighted by Gasteiger charge is -2.35. The van der Waals surface area contributed by atoms with Gasteiger partial charge in [-0.15, -0.1) is 0 Å². The Morgan fingerprint density at radius 2 is 1.52 bits per heavy atom. The number of imide groups is 1. The highest BCUT2D eigenvalue weighted by Gasteiger charge is 2.65. The molecule has 9 nitrogen and oxygen atoms in total. The summed E-state index contributed by atoms with van der Waals surface area (Å²) in [6.07, 6.45) is 3.67. The van der Waals surface area contributed by atoms with Gasteiger partial charge in [-0.2, -0.15) is 0 Å². The maximum atomic E-state index is 14.4. The van der Waals surface area contributed by atoms with E-state index in [4.69, 9.17) is 14.2 Å². The molecule has 3 aliphatic heterocycles. The van der Waals surface area contributed by atoms with Crippen molar-refractivity contribution in [2.45, 2.75) is 12.1 Å². The normalized spacial score (nSPS) is 22.5. The van der Waals surface area contributed by atoms with E-state index in [9.17, 15) is 19.2 Å². The second-order valence-corrected chi connectivity index (χ2v) is 9.78. The molecule has 0 spiro atoms. The molecule has 0 saturated carbocycles. The smallest absolute Gasteiger partial charge is 0.339 e. The van der Waals surface area contributed by atoms with Crippen LogP contribution in [-0.4, -0.2) is 55.8 Å². The molecule has 202 valence electrons. The zero-order chi connectivity index (χ0) is 28.1. The van der Waals surface area contributed by atoms with Crippen LogP contribution in [0.3, 0.4) is 0 Å². The van der Waals surface area contributed by atoms with E-state index in [0.29, 0.717) is 11.5 Å². The van der Waals surface area contributed by atoms with Crippen LogP contribution < -0.4 is 14.4 Å². The number of carbonyl (C=O) groups excluding carboxylic acids is 4. The summed E-state index contributed by atoms with van der Waals surface area (Å²) in [7, 11) is 4.20. The molecule has 0 radical (unpaired) electrons. The Morgan fingerprint density at radius 3 is 2.27 bits per heavy atom. The zero-order valence-electron chi connectivity index (χ0n) is 22.1. The van der Waals surface area contributed by atoms with Crippen LogP contribution in [0.15, 0.2) is 72.9 Å². The van der Waals surface area contributed by atoms with Crippen LogP contribution in [0.2, 0.25) is 0 Å². The lowest BCUT2D eigenvalue weighted by atomic mass is 9.83. The van der Waals surface area contributed by atoms with Crippen molar-refractivity contribution >= 4 is 35.3 Å². The number of benzene rings is 3. The minimum atomic E-state index is -1.01. The van der Waals surface area contributed by atoms with Crippen molar-refractivity contribution in [2.24, 2.45) is 11.8 Å². The average molecular weight is 539 g/mol. The number of Topliss-reactive ketones (excluding diaryl/α,β-unsaturated/α-hetero) is 1. The fourth-order valence-electron chi connectivity index (χ4n) is 6.21. The molecule has 0 aliphatic carbocycles. The van der Waals surface area contributed by atoms with Crippen molar-refractivity contribution in [1.29, 1.82) is 0 Å². The molecule has 4 unspecified atom stereocenters. The van der Waals surface area contributed by atoms with Gasteiger partial charge in [0.05, 0.1) is 56.0 Å². The summed E-state index contributed by atoms with van der Waals surface area (Å²) in [6.45, 7) is 0. The highest BCUT2D eigenvalue weighted by atomic mass is 16.5. The van der Waals surface area contributed by atoms with E-state index >= 15 is 0 Å². The third kappa shape index (κ3) is 3.61. The van der Waals surface area contributed by atoms with Gasteiger partial charge in [-0.3, -0.25) is 14.4 Å². The van der Waals surface area contributed by atoms with Crippen molar-refractivity contribution in [2.75, 3.05) is 26.2 Å². The topological polar surface area (TPSA) is 102 Å². The predicted octanol–water partition coefficient (Wildman–Crippen LogP) is 3.89. The third-order valence-electron chi connectivity index (χ3n) is 7.95. The van der Waals surface area contributed by atoms with Gasteiger partial charge >= 0.3 is 5.97 Å². The number of nitrogens with zero attached hydrogens (tertiary/aromatic N) is 2. The van der Waals surface area contributed by atoms with Crippen LogP contribution in [-0.2, 0) is 14.3 Å². The number of esters is 1. The molecular formula is C31H26N2O7. The summed E-state index contributed by atoms with van der Waals surface area (Å²) in [5, 5.41) is 0. The molecule has 40 heavy (non-hydrogen) atoms. The fraction of sp³-hybridized carbons (Fsp3) is 0.226. The number of fused-ring (bicyclic) bond motifs is 5. The third-order valence-corrected chi connectivity index (χ3v) is 7.95. The highest BCUT2D eigenvalue weighted by Crippen LogP contribution is 2.54. The van der Waals surface area contributed by atoms with Gasteiger partial charge in [0.15, 0.2) is 5.78 Å². The molecule has 2 amide bonds. The first kappa shape index (κ1) is 25.4. The Balaban J connectivity index is 1.52. The quantitative estimate of drug-likeness (QED) is 0.265. The molecule has 0 bridgehead atoms. The summed E-state index contributed by atoms with van der Waals surface area (Å²) in [4.78, 5) is 58.2. The highest BCUT2D eigenvalue weighted by molar-refractivity contribution is 6.26. The summed E-state index contributed by atoms with van der Waals surface area (Å²) in [5.74, 6) is -3.16. The minimum absolute atomic E-state index is 0.0878. The van der Waals surface area contributed by atoms with Gasteiger partial charge < -0.3 is 19.1 Å². The molecule has 6 rings (SSSR count). The van der Waals surface area contributed by atoms with Crippen LogP contribution in [0.25, 0.3) is 6.08 Å². The summed E-state index contributed by atoms with van der Waals surface area (Å²) >= 11 is 0. The lowest BCUT2D eigenvalue weighted by Crippen LogP contribution is -2.44. The van der Waals surface area contributed by atoms with E-state index in [-0.39, 0.29) is 22.6 Å². The van der Waals surface area contributed by atoms with Crippen LogP contribution >= 0.6 is 0 Å². The molecule has 3 aromatic carbocycles. The maximum absolute atomic E-state index is 14.4. The van der Waals surface area contributed by atoms with Gasteiger partial charge in [-0.05, 0) is 47.5 Å². The van der Waals surface area contributed by atoms with E-state index in [1.54, 1.807) is 36.5 Å². The Morgan fingerprint density at radius 1 is 0.800 bits per heavy atom. The van der Waals surface area contributed by atoms with Crippen LogP contribution in [0, 0.1) is 11.8 Å². The molecular weight excluding hydrogens is 512 g/mol. The van der Waals surface area contributed by atoms with Crippen molar-refractivity contribution in [1.82, 2.24) is 4.90 Å². The molecule has 0 N–H and O–H groups in total. The van der Waals surface area contributed by atoms with Gasteiger partial charge in [0.1, 0.15) is 17.5 Å². The van der Waals surface area contributed by atoms with Crippen molar-refractivity contribution in [3.05, 3.63) is 95.2 Å². The molecule has 9 heteroatoms. The van der Waals surface area contributed by atoms with E-state index in [2.05, 4.69) is 0 Å². The van der Waals surface area contributed by atoms with Gasteiger partial charge in [0, 0.05) is 6.20 Å². The number of ether oxygens (including phenoxy) is 3. The number of para-hydroxylation sites is 1. The van der Waals surface area contributed by atoms with Gasteiger partial charge in [-0.1, -0.05) is 36.4 Å². The standard InChI is InChI=1S/C31H26N2O7/c1-38-18-12-13-23(39-2)21(16-18)28(34)27-25-24(26-19-9-5-4-8-17(19)14-15-32(26)27)29(35)33(30(25)36)22-11-7-6-10-20(22)31(37)40-3/h4-16,24-27H,1-3H3. The van der Waals surface area contributed by atoms with Crippen molar-refractivity contribution < 1.29 is 33.4 Å². The summed E-state index contributed by atoms with van der Waals surface area (Å²) < 4.78 is 15.8. The number of methoxy groups -OCH3 is 3. The van der Waals surface area contributed by atoms with E-state index in [0.717, 1.165) is 16.0 Å². The number of carbonyl (C=O) groups is 4. The van der Waals surface area contributed by atoms with Crippen molar-refractivity contribution in [3.8, 4) is 11.5 Å². The molecule has 3 aromatic rings. The van der Waals surface area contributed by atoms with Crippen LogP contribution in [0.1, 0.15) is 37.9 Å². The van der Waals surface area contributed by atoms with Crippen LogP contribution in [0.4, 0.5) is 5.69 Å². The van der Waals surface area contributed by atoms with E-state index in [1.165, 1.54) is 33.5 Å². The first-order valence-electron chi connectivity index (χ1n) is 12.8. The number of amides is 2. The number of ketones is 1. The summed E-state index contributed by atoms with van der Waals surface area (Å²) in [6, 6.07) is 17.3. The fourth-order valence-corrected chi connectivity index (χ4v) is 6.21. The Hall–Kier alpha value is -4.92. The Bertz CT molecular complexity index is 1600. The minimum Gasteiger partial charge on any atom is -0.497 e. The van der Waals surface area contributed by atoms with E-state index < -0.39 is 41.7 Å². The average Bonchev–Trinajstić information content (AvgIpc) is 3.47. The molecule has 3 heterocycles. The molecule has 2 saturated heterocycles. The molecule has 3 aliphatic rings. The Labute approximate surface area is 230 Å². The first-order valence-corrected chi connectivity index (χ1v) is 12.8. The van der Waals surface area contributed by atoms with Crippen molar-refractivity contribution in [3.63, 3.8) is 0 Å². The SMILES string of the molecule is COC(=O)c1ccccc1N1C(=O)C2C(C1=O)C1c3ccccc3C=CN1C2C(=O)c1cc(OC)ccc1OC. The zero-order valence-corrected chi connectivity index (χ0v) is 22.1. The largest absolute Gasteiger partial charge is 0.497 e. The molecule has 0 aromatic heterocycles. The maximum Gasteiger partial charge on any atom is 0.339 e. The molecule has 2 fully saturated rings. The lowest BCUT2D eigenvalue weighted by molar-refractivity contribution is -0.123. The second-order valence-electron chi connectivity index (χ2n) is 9.78. The summed E-state index contributed by atoms with van der Waals surface area (Å²) in [5.41, 5.74) is 2.22. The number of anilines is 1. The second kappa shape index (κ2) is 9.68. The van der Waals surface area contributed by atoms with E-state index in [1.807, 2.05) is 35.2 Å². The number of rotatable bonds is 6. The van der Waals surface area contributed by atoms with Gasteiger partial charge in [-0.25, -0.2) is 9.69 Å².